The van der Waals surface area contributed by atoms with Crippen LogP contribution in [-0.4, -0.2) is 26.5 Å². The molecule has 0 aliphatic carbocycles. The molecule has 1 amide bonds. The average molecular weight is 353 g/mol. The standard InChI is InChI=1S/C12H14Cl2N2O4S/c1-12(3-2-4-20-12)11(17)16-10-8(13)5-7(6-9(10)14)21(15,18)19/h5-6H,2-4H2,1H3,(H,16,17)(H2,15,18,19). The molecule has 116 valence electrons. The maximum absolute atomic E-state index is 12.2. The second kappa shape index (κ2) is 5.73. The zero-order valence-electron chi connectivity index (χ0n) is 11.2. The van der Waals surface area contributed by atoms with Crippen LogP contribution in [0.5, 0.6) is 0 Å². The number of nitrogens with two attached hydrogens (primary N) is 1. The van der Waals surface area contributed by atoms with Crippen LogP contribution < -0.4 is 10.5 Å². The largest absolute Gasteiger partial charge is 0.365 e. The number of benzene rings is 1. The zero-order chi connectivity index (χ0) is 15.8. The molecule has 0 aromatic heterocycles. The normalized spacial score (nSPS) is 22.3. The Morgan fingerprint density at radius 3 is 2.38 bits per heavy atom. The van der Waals surface area contributed by atoms with Crippen LogP contribution in [0.15, 0.2) is 17.0 Å². The summed E-state index contributed by atoms with van der Waals surface area (Å²) in [6, 6.07) is 2.27. The number of nitrogens with one attached hydrogen (secondary N) is 1. The number of ether oxygens (including phenoxy) is 1. The Bertz CT molecular complexity index is 661. The van der Waals surface area contributed by atoms with Crippen molar-refractivity contribution in [3.8, 4) is 0 Å². The van der Waals surface area contributed by atoms with E-state index in [4.69, 9.17) is 33.1 Å². The number of halogens is 2. The van der Waals surface area contributed by atoms with E-state index >= 15 is 0 Å². The van der Waals surface area contributed by atoms with Crippen LogP contribution in [0.3, 0.4) is 0 Å². The van der Waals surface area contributed by atoms with Crippen LogP contribution in [0, 0.1) is 0 Å². The maximum atomic E-state index is 12.2. The average Bonchev–Trinajstić information content (AvgIpc) is 2.80. The Balaban J connectivity index is 2.31. The second-order valence-corrected chi connectivity index (χ2v) is 7.32. The third-order valence-electron chi connectivity index (χ3n) is 3.28. The summed E-state index contributed by atoms with van der Waals surface area (Å²) in [4.78, 5) is 12.0. The van der Waals surface area contributed by atoms with Gasteiger partial charge in [-0.3, -0.25) is 4.79 Å². The molecule has 6 nitrogen and oxygen atoms in total. The van der Waals surface area contributed by atoms with E-state index in [0.29, 0.717) is 13.0 Å². The molecule has 1 atom stereocenters. The van der Waals surface area contributed by atoms with E-state index in [2.05, 4.69) is 5.32 Å². The topological polar surface area (TPSA) is 98.5 Å². The van der Waals surface area contributed by atoms with E-state index in [0.717, 1.165) is 18.6 Å². The Morgan fingerprint density at radius 2 is 1.95 bits per heavy atom. The SMILES string of the molecule is CC1(C(=O)Nc2c(Cl)cc(S(N)(=O)=O)cc2Cl)CCCO1. The number of carbonyl (C=O) groups is 1. The highest BCUT2D eigenvalue weighted by Crippen LogP contribution is 2.35. The van der Waals surface area contributed by atoms with Crippen LogP contribution >= 0.6 is 23.2 Å². The van der Waals surface area contributed by atoms with Gasteiger partial charge in [0.05, 0.1) is 20.6 Å². The molecule has 1 unspecified atom stereocenters. The van der Waals surface area contributed by atoms with E-state index in [1.165, 1.54) is 0 Å². The van der Waals surface area contributed by atoms with Gasteiger partial charge in [0.15, 0.2) is 0 Å². The Labute approximate surface area is 132 Å². The zero-order valence-corrected chi connectivity index (χ0v) is 13.5. The summed E-state index contributed by atoms with van der Waals surface area (Å²) >= 11 is 12.0. The molecule has 1 saturated heterocycles. The molecule has 21 heavy (non-hydrogen) atoms. The lowest BCUT2D eigenvalue weighted by molar-refractivity contribution is -0.133. The summed E-state index contributed by atoms with van der Waals surface area (Å²) in [5.74, 6) is -0.382. The first kappa shape index (κ1) is 16.5. The van der Waals surface area contributed by atoms with Gasteiger partial charge in [-0.05, 0) is 31.9 Å². The van der Waals surface area contributed by atoms with Crippen molar-refractivity contribution in [1.29, 1.82) is 0 Å². The highest BCUT2D eigenvalue weighted by molar-refractivity contribution is 7.89. The summed E-state index contributed by atoms with van der Waals surface area (Å²) < 4.78 is 28.0. The maximum Gasteiger partial charge on any atom is 0.256 e. The fourth-order valence-corrected chi connectivity index (χ4v) is 3.31. The molecule has 3 N–H and O–H groups in total. The van der Waals surface area contributed by atoms with Crippen molar-refractivity contribution in [2.45, 2.75) is 30.3 Å². The molecule has 1 fully saturated rings. The predicted molar refractivity (Wildman–Crippen MR) is 80.1 cm³/mol. The number of anilines is 1. The van der Waals surface area contributed by atoms with Crippen LogP contribution in [0.1, 0.15) is 19.8 Å². The van der Waals surface area contributed by atoms with Crippen LogP contribution in [0.2, 0.25) is 10.0 Å². The molecule has 1 heterocycles. The lowest BCUT2D eigenvalue weighted by atomic mass is 10.0. The highest BCUT2D eigenvalue weighted by atomic mass is 35.5. The molecular formula is C12H14Cl2N2O4S. The molecule has 0 saturated carbocycles. The van der Waals surface area contributed by atoms with Gasteiger partial charge in [0.25, 0.3) is 5.91 Å². The first-order valence-electron chi connectivity index (χ1n) is 6.11. The number of amides is 1. The summed E-state index contributed by atoms with van der Waals surface area (Å²) in [6.07, 6.45) is 1.37. The number of hydrogen-bond donors (Lipinski definition) is 2. The molecule has 1 aromatic carbocycles. The van der Waals surface area contributed by atoms with E-state index in [1.807, 2.05) is 0 Å². The minimum atomic E-state index is -3.93. The molecule has 0 bridgehead atoms. The van der Waals surface area contributed by atoms with Crippen molar-refractivity contribution >= 4 is 44.8 Å². The first-order valence-corrected chi connectivity index (χ1v) is 8.41. The van der Waals surface area contributed by atoms with Crippen molar-refractivity contribution in [2.24, 2.45) is 5.14 Å². The molecule has 1 aliphatic heterocycles. The second-order valence-electron chi connectivity index (χ2n) is 4.94. The lowest BCUT2D eigenvalue weighted by Crippen LogP contribution is -2.39. The Morgan fingerprint density at radius 1 is 1.38 bits per heavy atom. The quantitative estimate of drug-likeness (QED) is 0.870. The molecule has 2 rings (SSSR count). The van der Waals surface area contributed by atoms with E-state index in [9.17, 15) is 13.2 Å². The summed E-state index contributed by atoms with van der Waals surface area (Å²) in [5.41, 5.74) is -0.807. The number of hydrogen-bond acceptors (Lipinski definition) is 4. The minimum Gasteiger partial charge on any atom is -0.365 e. The molecule has 1 aliphatic rings. The molecule has 0 radical (unpaired) electrons. The molecular weight excluding hydrogens is 339 g/mol. The molecule has 9 heteroatoms. The van der Waals surface area contributed by atoms with Gasteiger partial charge in [0, 0.05) is 6.61 Å². The van der Waals surface area contributed by atoms with Crippen LogP contribution in [0.4, 0.5) is 5.69 Å². The van der Waals surface area contributed by atoms with Gasteiger partial charge in [0.1, 0.15) is 5.60 Å². The van der Waals surface area contributed by atoms with Gasteiger partial charge in [-0.15, -0.1) is 0 Å². The summed E-state index contributed by atoms with van der Waals surface area (Å²) in [5, 5.41) is 7.57. The van der Waals surface area contributed by atoms with E-state index in [1.54, 1.807) is 6.92 Å². The van der Waals surface area contributed by atoms with E-state index < -0.39 is 15.6 Å². The van der Waals surface area contributed by atoms with Crippen molar-refractivity contribution in [2.75, 3.05) is 11.9 Å². The van der Waals surface area contributed by atoms with Gasteiger partial charge in [-0.2, -0.15) is 0 Å². The smallest absolute Gasteiger partial charge is 0.256 e. The predicted octanol–water partition coefficient (Wildman–Crippen LogP) is 2.15. The fourth-order valence-electron chi connectivity index (χ4n) is 2.04. The third kappa shape index (κ3) is 3.49. The van der Waals surface area contributed by atoms with Crippen LogP contribution in [0.25, 0.3) is 0 Å². The number of sulfonamides is 1. The van der Waals surface area contributed by atoms with Gasteiger partial charge in [-0.1, -0.05) is 23.2 Å². The minimum absolute atomic E-state index is 0.0125. The van der Waals surface area contributed by atoms with Crippen molar-refractivity contribution in [1.82, 2.24) is 0 Å². The van der Waals surface area contributed by atoms with Crippen molar-refractivity contribution < 1.29 is 17.9 Å². The summed E-state index contributed by atoms with van der Waals surface area (Å²) in [7, 11) is -3.93. The molecule has 0 spiro atoms. The Kier molecular flexibility index (Phi) is 4.51. The number of rotatable bonds is 3. The lowest BCUT2D eigenvalue weighted by Gasteiger charge is -2.22. The van der Waals surface area contributed by atoms with Crippen molar-refractivity contribution in [3.63, 3.8) is 0 Å². The molecule has 1 aromatic rings. The number of carbonyl (C=O) groups excluding carboxylic acids is 1. The van der Waals surface area contributed by atoms with E-state index in [-0.39, 0.29) is 26.5 Å². The van der Waals surface area contributed by atoms with Gasteiger partial charge in [-0.25, -0.2) is 13.6 Å². The first-order chi connectivity index (χ1) is 9.63. The van der Waals surface area contributed by atoms with Gasteiger partial charge < -0.3 is 10.1 Å². The monoisotopic (exact) mass is 352 g/mol. The van der Waals surface area contributed by atoms with Gasteiger partial charge in [0.2, 0.25) is 10.0 Å². The van der Waals surface area contributed by atoms with Gasteiger partial charge >= 0.3 is 0 Å². The Hall–Kier alpha value is -0.860. The fraction of sp³-hybridized carbons (Fsp3) is 0.417. The van der Waals surface area contributed by atoms with Crippen LogP contribution in [-0.2, 0) is 19.6 Å². The van der Waals surface area contributed by atoms with Crippen molar-refractivity contribution in [3.05, 3.63) is 22.2 Å². The highest BCUT2D eigenvalue weighted by Gasteiger charge is 2.38. The summed E-state index contributed by atoms with van der Waals surface area (Å²) in [6.45, 7) is 2.19. The number of primary sulfonamides is 1. The third-order valence-corrected chi connectivity index (χ3v) is 4.77.